The van der Waals surface area contributed by atoms with Gasteiger partial charge in [0.25, 0.3) is 0 Å². The van der Waals surface area contributed by atoms with Crippen LogP contribution in [0.15, 0.2) is 47.6 Å². The van der Waals surface area contributed by atoms with Crippen molar-refractivity contribution < 1.29 is 33.4 Å². The summed E-state index contributed by atoms with van der Waals surface area (Å²) in [6, 6.07) is 11.8. The third-order valence-electron chi connectivity index (χ3n) is 6.39. The Kier molecular flexibility index (Phi) is 8.95. The average molecular weight is 564 g/mol. The number of thiophene rings is 1. The zero-order valence-corrected chi connectivity index (χ0v) is 23.4. The highest BCUT2D eigenvalue weighted by atomic mass is 32.1. The predicted molar refractivity (Wildman–Crippen MR) is 150 cm³/mol. The van der Waals surface area contributed by atoms with Crippen molar-refractivity contribution in [3.63, 3.8) is 0 Å². The minimum absolute atomic E-state index is 0.216. The maximum atomic E-state index is 12.6. The molecule has 0 saturated heterocycles. The molecule has 10 nitrogen and oxygen atoms in total. The number of nitrogens with one attached hydrogen (secondary N) is 2. The number of hydrogen-bond donors (Lipinski definition) is 2. The molecule has 1 aliphatic carbocycles. The van der Waals surface area contributed by atoms with E-state index in [-0.39, 0.29) is 11.5 Å². The molecule has 2 N–H and O–H groups in total. The minimum Gasteiger partial charge on any atom is -0.493 e. The van der Waals surface area contributed by atoms with Crippen LogP contribution in [0.1, 0.15) is 62.0 Å². The lowest BCUT2D eigenvalue weighted by Crippen LogP contribution is -2.33. The first kappa shape index (κ1) is 28.5. The molecule has 0 spiro atoms. The van der Waals surface area contributed by atoms with Gasteiger partial charge in [0.2, 0.25) is 0 Å². The van der Waals surface area contributed by atoms with Crippen molar-refractivity contribution in [3.8, 4) is 11.5 Å². The molecule has 0 radical (unpaired) electrons. The molecule has 2 amide bonds. The minimum atomic E-state index is -1.00. The van der Waals surface area contributed by atoms with E-state index in [4.69, 9.17) is 14.2 Å². The Labute approximate surface area is 235 Å². The van der Waals surface area contributed by atoms with Crippen molar-refractivity contribution >= 4 is 45.8 Å². The number of anilines is 1. The number of hydrazone groups is 1. The monoisotopic (exact) mass is 563 g/mol. The van der Waals surface area contributed by atoms with Crippen LogP contribution < -0.4 is 20.2 Å². The van der Waals surface area contributed by atoms with E-state index in [2.05, 4.69) is 15.8 Å². The number of nitrogens with zero attached hydrogens (tertiary/aromatic N) is 1. The van der Waals surface area contributed by atoms with Crippen molar-refractivity contribution in [1.29, 1.82) is 0 Å². The maximum absolute atomic E-state index is 12.6. The van der Waals surface area contributed by atoms with E-state index in [9.17, 15) is 19.2 Å². The molecule has 0 fully saturated rings. The molecule has 4 rings (SSSR count). The molecular formula is C29H29N3O7S. The number of hydrogen-bond acceptors (Lipinski definition) is 9. The van der Waals surface area contributed by atoms with Gasteiger partial charge in [-0.1, -0.05) is 17.7 Å². The highest BCUT2D eigenvalue weighted by Gasteiger charge is 2.28. The standard InChI is InChI=1S/C29H29N3O7S/c1-16-9-11-18(12-10-16)28(35)39-21-14-13-19(15-22(21)37-3)17(2)31-32-26(34)25(33)30-27-24(29(36)38-4)20-7-5-6-8-23(20)40-27/h9-15H,5-8H2,1-4H3,(H,30,33)(H,32,34)/b31-17+. The van der Waals surface area contributed by atoms with Crippen LogP contribution >= 0.6 is 11.3 Å². The van der Waals surface area contributed by atoms with E-state index in [0.29, 0.717) is 27.4 Å². The largest absolute Gasteiger partial charge is 0.493 e. The summed E-state index contributed by atoms with van der Waals surface area (Å²) < 4.78 is 15.8. The molecule has 2 aromatic carbocycles. The Hall–Kier alpha value is -4.51. The van der Waals surface area contributed by atoms with Crippen molar-refractivity contribution in [1.82, 2.24) is 5.43 Å². The number of esters is 2. The molecule has 1 aromatic heterocycles. The summed E-state index contributed by atoms with van der Waals surface area (Å²) in [6.45, 7) is 3.56. The maximum Gasteiger partial charge on any atom is 0.343 e. The normalized spacial score (nSPS) is 12.7. The predicted octanol–water partition coefficient (Wildman–Crippen LogP) is 4.43. The van der Waals surface area contributed by atoms with Gasteiger partial charge >= 0.3 is 23.8 Å². The van der Waals surface area contributed by atoms with Crippen LogP contribution in [-0.2, 0) is 27.2 Å². The Morgan fingerprint density at radius 3 is 2.27 bits per heavy atom. The molecule has 0 aliphatic heterocycles. The quantitative estimate of drug-likeness (QED) is 0.143. The summed E-state index contributed by atoms with van der Waals surface area (Å²) in [7, 11) is 2.71. The number of rotatable bonds is 7. The lowest BCUT2D eigenvalue weighted by Gasteiger charge is -2.12. The van der Waals surface area contributed by atoms with Gasteiger partial charge < -0.3 is 19.5 Å². The zero-order valence-electron chi connectivity index (χ0n) is 22.6. The fraction of sp³-hybridized carbons (Fsp3) is 0.276. The van der Waals surface area contributed by atoms with Crippen molar-refractivity contribution in [2.24, 2.45) is 5.10 Å². The van der Waals surface area contributed by atoms with Gasteiger partial charge in [-0.05, 0) is 75.4 Å². The van der Waals surface area contributed by atoms with E-state index in [1.165, 1.54) is 25.6 Å². The third-order valence-corrected chi connectivity index (χ3v) is 7.60. The van der Waals surface area contributed by atoms with Crippen LogP contribution in [-0.4, -0.2) is 43.7 Å². The van der Waals surface area contributed by atoms with Gasteiger partial charge in [0, 0.05) is 10.4 Å². The van der Waals surface area contributed by atoms with Gasteiger partial charge in [0.15, 0.2) is 11.5 Å². The number of carbonyl (C=O) groups is 4. The van der Waals surface area contributed by atoms with Crippen LogP contribution in [0.25, 0.3) is 0 Å². The summed E-state index contributed by atoms with van der Waals surface area (Å²) >= 11 is 1.28. The second-order valence-corrected chi connectivity index (χ2v) is 10.2. The van der Waals surface area contributed by atoms with Gasteiger partial charge in [0.05, 0.1) is 31.1 Å². The Morgan fingerprint density at radius 2 is 1.57 bits per heavy atom. The molecule has 3 aromatic rings. The summed E-state index contributed by atoms with van der Waals surface area (Å²) in [5.41, 5.74) is 5.77. The highest BCUT2D eigenvalue weighted by Crippen LogP contribution is 2.38. The van der Waals surface area contributed by atoms with E-state index in [1.807, 2.05) is 19.1 Å². The molecular weight excluding hydrogens is 534 g/mol. The topological polar surface area (TPSA) is 132 Å². The fourth-order valence-corrected chi connectivity index (χ4v) is 5.48. The van der Waals surface area contributed by atoms with Gasteiger partial charge in [-0.25, -0.2) is 15.0 Å². The smallest absolute Gasteiger partial charge is 0.343 e. The van der Waals surface area contributed by atoms with Gasteiger partial charge in [-0.15, -0.1) is 11.3 Å². The highest BCUT2D eigenvalue weighted by molar-refractivity contribution is 7.17. The van der Waals surface area contributed by atoms with Crippen molar-refractivity contribution in [3.05, 3.63) is 75.2 Å². The second-order valence-electron chi connectivity index (χ2n) is 9.12. The zero-order chi connectivity index (χ0) is 28.8. The van der Waals surface area contributed by atoms with Crippen LogP contribution in [0.4, 0.5) is 5.00 Å². The van der Waals surface area contributed by atoms with E-state index >= 15 is 0 Å². The number of benzene rings is 2. The Morgan fingerprint density at radius 1 is 0.875 bits per heavy atom. The van der Waals surface area contributed by atoms with Crippen LogP contribution in [0.2, 0.25) is 0 Å². The fourth-order valence-electron chi connectivity index (χ4n) is 4.21. The molecule has 0 unspecified atom stereocenters. The number of amides is 2. The molecule has 40 heavy (non-hydrogen) atoms. The number of methoxy groups -OCH3 is 2. The first-order chi connectivity index (χ1) is 19.2. The average Bonchev–Trinajstić information content (AvgIpc) is 3.33. The molecule has 0 bridgehead atoms. The molecule has 0 atom stereocenters. The molecule has 11 heteroatoms. The first-order valence-corrected chi connectivity index (χ1v) is 13.4. The van der Waals surface area contributed by atoms with E-state index in [1.54, 1.807) is 37.3 Å². The molecule has 0 saturated carbocycles. The number of fused-ring (bicyclic) bond motifs is 1. The van der Waals surface area contributed by atoms with Crippen LogP contribution in [0, 0.1) is 6.92 Å². The lowest BCUT2D eigenvalue weighted by molar-refractivity contribution is -0.136. The number of ether oxygens (including phenoxy) is 3. The summed E-state index contributed by atoms with van der Waals surface area (Å²) in [5.74, 6) is -2.54. The van der Waals surface area contributed by atoms with Gasteiger partial charge in [-0.2, -0.15) is 5.10 Å². The summed E-state index contributed by atoms with van der Waals surface area (Å²) in [5, 5.41) is 6.85. The number of aryl methyl sites for hydroxylation is 2. The third kappa shape index (κ3) is 6.37. The molecule has 1 aliphatic rings. The van der Waals surface area contributed by atoms with E-state index < -0.39 is 23.8 Å². The summed E-state index contributed by atoms with van der Waals surface area (Å²) in [4.78, 5) is 51.0. The Balaban J connectivity index is 1.43. The molecule has 208 valence electrons. The number of carbonyl (C=O) groups excluding carboxylic acids is 4. The van der Waals surface area contributed by atoms with Crippen molar-refractivity contribution in [2.45, 2.75) is 39.5 Å². The second kappa shape index (κ2) is 12.6. The van der Waals surface area contributed by atoms with Crippen LogP contribution in [0.5, 0.6) is 11.5 Å². The summed E-state index contributed by atoms with van der Waals surface area (Å²) in [6.07, 6.45) is 3.46. The van der Waals surface area contributed by atoms with Crippen LogP contribution in [0.3, 0.4) is 0 Å². The van der Waals surface area contributed by atoms with Gasteiger partial charge in [-0.3, -0.25) is 9.59 Å². The van der Waals surface area contributed by atoms with Crippen molar-refractivity contribution in [2.75, 3.05) is 19.5 Å². The first-order valence-electron chi connectivity index (χ1n) is 12.6. The van der Waals surface area contributed by atoms with E-state index in [0.717, 1.165) is 41.7 Å². The molecule has 1 heterocycles. The lowest BCUT2D eigenvalue weighted by atomic mass is 9.95. The SMILES string of the molecule is COC(=O)c1c(NC(=O)C(=O)N/N=C(\C)c2ccc(OC(=O)c3ccc(C)cc3)c(OC)c2)sc2c1CCCC2. The van der Waals surface area contributed by atoms with Gasteiger partial charge in [0.1, 0.15) is 5.00 Å². The Bertz CT molecular complexity index is 1490.